The van der Waals surface area contributed by atoms with Gasteiger partial charge in [0.15, 0.2) is 0 Å². The molecule has 128 valence electrons. The predicted molar refractivity (Wildman–Crippen MR) is 88.3 cm³/mol. The fraction of sp³-hybridized carbons (Fsp3) is 0.111. The van der Waals surface area contributed by atoms with Crippen LogP contribution in [0.5, 0.6) is 11.5 Å². The van der Waals surface area contributed by atoms with E-state index in [1.165, 1.54) is 37.5 Å². The lowest BCUT2D eigenvalue weighted by Crippen LogP contribution is -2.13. The fourth-order valence-electron chi connectivity index (χ4n) is 1.96. The molecule has 1 amide bonds. The van der Waals surface area contributed by atoms with Gasteiger partial charge in [-0.2, -0.15) is 14.0 Å². The average molecular weight is 344 g/mol. The largest absolute Gasteiger partial charge is 0.497 e. The Balaban J connectivity index is 2.13. The Morgan fingerprint density at radius 2 is 1.92 bits per heavy atom. The van der Waals surface area contributed by atoms with Gasteiger partial charge in [-0.1, -0.05) is 18.2 Å². The molecule has 0 aliphatic carbocycles. The molecule has 0 aliphatic heterocycles. The second-order valence-corrected chi connectivity index (χ2v) is 4.80. The molecule has 2 rings (SSSR count). The normalized spacial score (nSPS) is 10.9. The number of carbonyl (C=O) groups excluding carboxylic acids is 1. The van der Waals surface area contributed by atoms with Crippen LogP contribution in [0.4, 0.5) is 14.5 Å². The minimum absolute atomic E-state index is 0.00788. The number of ether oxygens (including phenoxy) is 2. The maximum Gasteiger partial charge on any atom is 0.387 e. The van der Waals surface area contributed by atoms with E-state index in [-0.39, 0.29) is 11.3 Å². The third-order valence-corrected chi connectivity index (χ3v) is 3.11. The molecule has 0 heterocycles. The molecule has 0 saturated heterocycles. The molecule has 2 aromatic carbocycles. The number of hydrogen-bond acceptors (Lipinski definition) is 4. The van der Waals surface area contributed by atoms with Crippen molar-refractivity contribution >= 4 is 17.7 Å². The van der Waals surface area contributed by atoms with E-state index >= 15 is 0 Å². The first kappa shape index (κ1) is 17.9. The number of rotatable bonds is 6. The van der Waals surface area contributed by atoms with Gasteiger partial charge in [0.1, 0.15) is 23.1 Å². The molecule has 0 atom stereocenters. The summed E-state index contributed by atoms with van der Waals surface area (Å²) in [7, 11) is 1.50. The minimum Gasteiger partial charge on any atom is -0.497 e. The Hall–Kier alpha value is -3.40. The third kappa shape index (κ3) is 5.32. The first-order valence-electron chi connectivity index (χ1n) is 7.14. The molecule has 0 bridgehead atoms. The zero-order valence-corrected chi connectivity index (χ0v) is 13.2. The number of halogens is 2. The van der Waals surface area contributed by atoms with E-state index in [4.69, 9.17) is 4.74 Å². The summed E-state index contributed by atoms with van der Waals surface area (Å²) in [5.74, 6) is -0.0370. The highest BCUT2D eigenvalue weighted by atomic mass is 19.3. The highest BCUT2D eigenvalue weighted by Gasteiger charge is 2.10. The fourth-order valence-corrected chi connectivity index (χ4v) is 1.96. The second-order valence-electron chi connectivity index (χ2n) is 4.80. The summed E-state index contributed by atoms with van der Waals surface area (Å²) in [5, 5.41) is 11.8. The van der Waals surface area contributed by atoms with Crippen LogP contribution < -0.4 is 14.8 Å². The summed E-state index contributed by atoms with van der Waals surface area (Å²) in [4.78, 5) is 12.2. The number of amides is 1. The monoisotopic (exact) mass is 344 g/mol. The van der Waals surface area contributed by atoms with E-state index < -0.39 is 12.5 Å². The van der Waals surface area contributed by atoms with Gasteiger partial charge >= 0.3 is 6.61 Å². The van der Waals surface area contributed by atoms with E-state index in [0.29, 0.717) is 17.0 Å². The van der Waals surface area contributed by atoms with Crippen molar-refractivity contribution in [2.45, 2.75) is 6.61 Å². The van der Waals surface area contributed by atoms with E-state index in [1.807, 2.05) is 6.07 Å². The number of carbonyl (C=O) groups is 1. The van der Waals surface area contributed by atoms with Crippen molar-refractivity contribution in [3.05, 3.63) is 59.7 Å². The van der Waals surface area contributed by atoms with Crippen LogP contribution in [-0.4, -0.2) is 19.6 Å². The van der Waals surface area contributed by atoms with Gasteiger partial charge in [0.25, 0.3) is 5.91 Å². The molecule has 0 unspecified atom stereocenters. The molecule has 7 heteroatoms. The van der Waals surface area contributed by atoms with Gasteiger partial charge in [-0.05, 0) is 35.9 Å². The summed E-state index contributed by atoms with van der Waals surface area (Å²) in [6.07, 6.45) is 1.35. The molecule has 5 nitrogen and oxygen atoms in total. The first-order valence-corrected chi connectivity index (χ1v) is 7.14. The zero-order chi connectivity index (χ0) is 18.2. The SMILES string of the molecule is COc1cccc(NC(=O)/C(C#N)=C/c2ccc(OC(F)F)cc2)c1. The van der Waals surface area contributed by atoms with Gasteiger partial charge in [-0.3, -0.25) is 4.79 Å². The Bertz CT molecular complexity index is 812. The van der Waals surface area contributed by atoms with Gasteiger partial charge in [0.2, 0.25) is 0 Å². The van der Waals surface area contributed by atoms with Crippen molar-refractivity contribution in [1.82, 2.24) is 0 Å². The van der Waals surface area contributed by atoms with Gasteiger partial charge < -0.3 is 14.8 Å². The van der Waals surface area contributed by atoms with Crippen LogP contribution in [0.1, 0.15) is 5.56 Å². The summed E-state index contributed by atoms with van der Waals surface area (Å²) >= 11 is 0. The van der Waals surface area contributed by atoms with Crippen molar-refractivity contribution in [3.63, 3.8) is 0 Å². The lowest BCUT2D eigenvalue weighted by atomic mass is 10.1. The molecule has 0 fully saturated rings. The maximum atomic E-state index is 12.2. The number of nitrogens with one attached hydrogen (secondary N) is 1. The quantitative estimate of drug-likeness (QED) is 0.638. The van der Waals surface area contributed by atoms with Crippen molar-refractivity contribution in [2.75, 3.05) is 12.4 Å². The molecular formula is C18H14F2N2O3. The zero-order valence-electron chi connectivity index (χ0n) is 13.2. The number of nitrogens with zero attached hydrogens (tertiary/aromatic N) is 1. The molecular weight excluding hydrogens is 330 g/mol. The van der Waals surface area contributed by atoms with Crippen molar-refractivity contribution in [1.29, 1.82) is 5.26 Å². The minimum atomic E-state index is -2.91. The molecule has 2 aromatic rings. The third-order valence-electron chi connectivity index (χ3n) is 3.11. The van der Waals surface area contributed by atoms with E-state index in [2.05, 4.69) is 10.1 Å². The molecule has 0 saturated carbocycles. The van der Waals surface area contributed by atoms with E-state index in [1.54, 1.807) is 24.3 Å². The molecule has 0 aliphatic rings. The summed E-state index contributed by atoms with van der Waals surface area (Å²) in [6, 6.07) is 14.1. The number of nitriles is 1. The summed E-state index contributed by atoms with van der Waals surface area (Å²) < 4.78 is 33.5. The lowest BCUT2D eigenvalue weighted by Gasteiger charge is -2.07. The lowest BCUT2D eigenvalue weighted by molar-refractivity contribution is -0.112. The number of anilines is 1. The van der Waals surface area contributed by atoms with Crippen molar-refractivity contribution < 1.29 is 23.0 Å². The summed E-state index contributed by atoms with van der Waals surface area (Å²) in [6.45, 7) is -2.91. The number of hydrogen-bond donors (Lipinski definition) is 1. The van der Waals surface area contributed by atoms with Crippen LogP contribution in [0.15, 0.2) is 54.1 Å². The van der Waals surface area contributed by atoms with Crippen LogP contribution in [0.2, 0.25) is 0 Å². The standard InChI is InChI=1S/C18H14F2N2O3/c1-24-16-4-2-3-14(10-16)22-17(23)13(11-21)9-12-5-7-15(8-6-12)25-18(19)20/h2-10,18H,1H3,(H,22,23)/b13-9+. The van der Waals surface area contributed by atoms with Gasteiger partial charge in [-0.25, -0.2) is 0 Å². The Morgan fingerprint density at radius 1 is 1.20 bits per heavy atom. The van der Waals surface area contributed by atoms with Crippen molar-refractivity contribution in [3.8, 4) is 17.6 Å². The Labute approximate surface area is 143 Å². The van der Waals surface area contributed by atoms with Gasteiger partial charge in [0.05, 0.1) is 7.11 Å². The summed E-state index contributed by atoms with van der Waals surface area (Å²) in [5.41, 5.74) is 0.843. The number of alkyl halides is 2. The smallest absolute Gasteiger partial charge is 0.387 e. The van der Waals surface area contributed by atoms with E-state index in [0.717, 1.165) is 0 Å². The molecule has 1 N–H and O–H groups in total. The number of benzene rings is 2. The molecule has 0 aromatic heterocycles. The number of methoxy groups -OCH3 is 1. The van der Waals surface area contributed by atoms with Gasteiger partial charge in [-0.15, -0.1) is 0 Å². The van der Waals surface area contributed by atoms with E-state index in [9.17, 15) is 18.8 Å². The predicted octanol–water partition coefficient (Wildman–Crippen LogP) is 3.84. The average Bonchev–Trinajstić information content (AvgIpc) is 2.60. The van der Waals surface area contributed by atoms with Crippen LogP contribution in [0.3, 0.4) is 0 Å². The van der Waals surface area contributed by atoms with Crippen LogP contribution in [0.25, 0.3) is 6.08 Å². The van der Waals surface area contributed by atoms with Gasteiger partial charge in [0, 0.05) is 11.8 Å². The second kappa shape index (κ2) is 8.45. The van der Waals surface area contributed by atoms with Crippen LogP contribution >= 0.6 is 0 Å². The Morgan fingerprint density at radius 3 is 2.52 bits per heavy atom. The van der Waals surface area contributed by atoms with Crippen LogP contribution in [0, 0.1) is 11.3 Å². The molecule has 25 heavy (non-hydrogen) atoms. The molecule has 0 spiro atoms. The highest BCUT2D eigenvalue weighted by Crippen LogP contribution is 2.19. The maximum absolute atomic E-state index is 12.2. The van der Waals surface area contributed by atoms with Crippen LogP contribution in [-0.2, 0) is 4.79 Å². The topological polar surface area (TPSA) is 71.3 Å². The highest BCUT2D eigenvalue weighted by molar-refractivity contribution is 6.09. The molecule has 0 radical (unpaired) electrons. The van der Waals surface area contributed by atoms with Crippen molar-refractivity contribution in [2.24, 2.45) is 0 Å². The Kier molecular flexibility index (Phi) is 6.07. The first-order chi connectivity index (χ1) is 12.0.